The molecule has 2 aromatic rings. The molecule has 0 fully saturated rings. The van der Waals surface area contributed by atoms with Gasteiger partial charge in [-0.15, -0.1) is 0 Å². The smallest absolute Gasteiger partial charge is 0.432 e. The van der Waals surface area contributed by atoms with E-state index in [-0.39, 0.29) is 0 Å². The first kappa shape index (κ1) is 23.4. The van der Waals surface area contributed by atoms with E-state index in [9.17, 15) is 22.8 Å². The fourth-order valence-corrected chi connectivity index (χ4v) is 3.19. The zero-order valence-corrected chi connectivity index (χ0v) is 17.0. The van der Waals surface area contributed by atoms with Crippen LogP contribution in [0.25, 0.3) is 0 Å². The highest BCUT2D eigenvalue weighted by molar-refractivity contribution is 5.87. The molecule has 0 aliphatic carbocycles. The SMILES string of the molecule is COC(=O)[C@H](OC(=O)[C@](OC)(c1ccccc1)C(F)(F)F)C(C)(C)c1ccccc1. The van der Waals surface area contributed by atoms with Gasteiger partial charge in [0.1, 0.15) is 0 Å². The second-order valence-corrected chi connectivity index (χ2v) is 7.15. The third kappa shape index (κ3) is 4.18. The van der Waals surface area contributed by atoms with Crippen molar-refractivity contribution >= 4 is 11.9 Å². The molecule has 5 nitrogen and oxygen atoms in total. The lowest BCUT2D eigenvalue weighted by Gasteiger charge is -2.37. The van der Waals surface area contributed by atoms with Crippen LogP contribution in [0.3, 0.4) is 0 Å². The summed E-state index contributed by atoms with van der Waals surface area (Å²) in [6.45, 7) is 3.14. The van der Waals surface area contributed by atoms with Gasteiger partial charge in [-0.05, 0) is 5.56 Å². The Hall–Kier alpha value is -2.87. The average Bonchev–Trinajstić information content (AvgIpc) is 2.72. The van der Waals surface area contributed by atoms with E-state index in [1.54, 1.807) is 44.2 Å². The van der Waals surface area contributed by atoms with Crippen LogP contribution in [-0.2, 0) is 34.8 Å². The molecule has 0 bridgehead atoms. The maximum Gasteiger partial charge on any atom is 0.432 e. The zero-order chi connectivity index (χ0) is 22.6. The van der Waals surface area contributed by atoms with Crippen LogP contribution < -0.4 is 0 Å². The molecule has 30 heavy (non-hydrogen) atoms. The van der Waals surface area contributed by atoms with Crippen LogP contribution in [0.2, 0.25) is 0 Å². The van der Waals surface area contributed by atoms with E-state index in [4.69, 9.17) is 14.2 Å². The first-order valence-electron chi connectivity index (χ1n) is 9.04. The molecule has 0 spiro atoms. The summed E-state index contributed by atoms with van der Waals surface area (Å²) >= 11 is 0. The zero-order valence-electron chi connectivity index (χ0n) is 17.0. The Balaban J connectivity index is 2.55. The fraction of sp³-hybridized carbons (Fsp3) is 0.364. The third-order valence-corrected chi connectivity index (χ3v) is 4.99. The number of hydrogen-bond acceptors (Lipinski definition) is 5. The summed E-state index contributed by atoms with van der Waals surface area (Å²) in [4.78, 5) is 25.4. The van der Waals surface area contributed by atoms with Crippen LogP contribution >= 0.6 is 0 Å². The minimum Gasteiger partial charge on any atom is -0.466 e. The number of alkyl halides is 3. The van der Waals surface area contributed by atoms with Crippen molar-refractivity contribution in [3.05, 3.63) is 71.8 Å². The molecule has 162 valence electrons. The minimum absolute atomic E-state index is 0.467. The number of benzene rings is 2. The molecule has 0 amide bonds. The quantitative estimate of drug-likeness (QED) is 0.625. The number of ether oxygens (including phenoxy) is 3. The number of rotatable bonds is 7. The van der Waals surface area contributed by atoms with Gasteiger partial charge in [-0.25, -0.2) is 9.59 Å². The van der Waals surface area contributed by atoms with Crippen molar-refractivity contribution in [2.24, 2.45) is 0 Å². The number of carbonyl (C=O) groups excluding carboxylic acids is 2. The fourth-order valence-electron chi connectivity index (χ4n) is 3.19. The molecule has 0 aromatic heterocycles. The van der Waals surface area contributed by atoms with E-state index < -0.39 is 40.8 Å². The van der Waals surface area contributed by atoms with Crippen molar-refractivity contribution in [3.63, 3.8) is 0 Å². The van der Waals surface area contributed by atoms with Crippen molar-refractivity contribution in [2.45, 2.75) is 37.1 Å². The molecule has 0 radical (unpaired) electrons. The molecule has 0 saturated carbocycles. The molecule has 0 heterocycles. The van der Waals surface area contributed by atoms with Gasteiger partial charge in [0.25, 0.3) is 5.60 Å². The summed E-state index contributed by atoms with van der Waals surface area (Å²) in [5.41, 5.74) is -4.49. The highest BCUT2D eigenvalue weighted by Crippen LogP contribution is 2.44. The van der Waals surface area contributed by atoms with Crippen molar-refractivity contribution in [1.29, 1.82) is 0 Å². The van der Waals surface area contributed by atoms with Crippen LogP contribution in [0.15, 0.2) is 60.7 Å². The van der Waals surface area contributed by atoms with E-state index in [0.29, 0.717) is 5.56 Å². The predicted octanol–water partition coefficient (Wildman–Crippen LogP) is 4.15. The van der Waals surface area contributed by atoms with Gasteiger partial charge >= 0.3 is 18.1 Å². The van der Waals surface area contributed by atoms with E-state index in [1.165, 1.54) is 18.2 Å². The third-order valence-electron chi connectivity index (χ3n) is 4.99. The largest absolute Gasteiger partial charge is 0.466 e. The Morgan fingerprint density at radius 1 is 0.833 bits per heavy atom. The van der Waals surface area contributed by atoms with E-state index >= 15 is 0 Å². The second-order valence-electron chi connectivity index (χ2n) is 7.15. The number of esters is 2. The van der Waals surface area contributed by atoms with Gasteiger partial charge in [-0.3, -0.25) is 0 Å². The summed E-state index contributed by atoms with van der Waals surface area (Å²) < 4.78 is 57.0. The summed E-state index contributed by atoms with van der Waals surface area (Å²) in [6.07, 6.45) is -6.81. The molecule has 2 aromatic carbocycles. The Morgan fingerprint density at radius 2 is 1.30 bits per heavy atom. The van der Waals surface area contributed by atoms with Gasteiger partial charge < -0.3 is 14.2 Å². The predicted molar refractivity (Wildman–Crippen MR) is 103 cm³/mol. The normalized spacial score (nSPS) is 15.0. The molecule has 2 atom stereocenters. The number of methoxy groups -OCH3 is 2. The Labute approximate surface area is 172 Å². The van der Waals surface area contributed by atoms with E-state index in [2.05, 4.69) is 0 Å². The summed E-state index contributed by atoms with van der Waals surface area (Å²) in [5.74, 6) is -2.75. The first-order chi connectivity index (χ1) is 14.0. The van der Waals surface area contributed by atoms with Crippen LogP contribution in [0, 0.1) is 0 Å². The highest BCUT2D eigenvalue weighted by Gasteiger charge is 2.65. The maximum absolute atomic E-state index is 14.1. The van der Waals surface area contributed by atoms with Crippen LogP contribution in [0.1, 0.15) is 25.0 Å². The summed E-state index contributed by atoms with van der Waals surface area (Å²) in [5, 5.41) is 0. The standard InChI is InChI=1S/C22H23F3O5/c1-20(2,15-11-7-5-8-12-15)17(18(26)28-3)30-19(27)21(29-4,22(23,24)25)16-13-9-6-10-14-16/h5-14,17H,1-4H3/t17-,21+/m0/s1. The summed E-state index contributed by atoms with van der Waals surface area (Å²) in [7, 11) is 1.83. The van der Waals surface area contributed by atoms with Gasteiger partial charge in [-0.2, -0.15) is 13.2 Å². The first-order valence-corrected chi connectivity index (χ1v) is 9.04. The molecule has 0 aliphatic heterocycles. The van der Waals surface area contributed by atoms with Gasteiger partial charge in [0.2, 0.25) is 6.10 Å². The van der Waals surface area contributed by atoms with E-state index in [1.807, 2.05) is 0 Å². The number of halogens is 3. The molecule has 0 unspecified atom stereocenters. The van der Waals surface area contributed by atoms with Crippen molar-refractivity contribution in [3.8, 4) is 0 Å². The average molecular weight is 424 g/mol. The molecule has 2 rings (SSSR count). The van der Waals surface area contributed by atoms with Gasteiger partial charge in [0.15, 0.2) is 0 Å². The molecular formula is C22H23F3O5. The lowest BCUT2D eigenvalue weighted by atomic mass is 9.79. The van der Waals surface area contributed by atoms with Gasteiger partial charge in [0.05, 0.1) is 7.11 Å². The summed E-state index contributed by atoms with van der Waals surface area (Å²) in [6, 6.07) is 14.9. The van der Waals surface area contributed by atoms with Crippen LogP contribution in [0.5, 0.6) is 0 Å². The lowest BCUT2D eigenvalue weighted by Crippen LogP contribution is -2.55. The van der Waals surface area contributed by atoms with Crippen LogP contribution in [0.4, 0.5) is 13.2 Å². The maximum atomic E-state index is 14.1. The van der Waals surface area contributed by atoms with Crippen molar-refractivity contribution < 1.29 is 37.0 Å². The van der Waals surface area contributed by atoms with Crippen LogP contribution in [-0.4, -0.2) is 38.4 Å². The monoisotopic (exact) mass is 424 g/mol. The Morgan fingerprint density at radius 3 is 1.70 bits per heavy atom. The molecule has 8 heteroatoms. The van der Waals surface area contributed by atoms with Crippen molar-refractivity contribution in [2.75, 3.05) is 14.2 Å². The topological polar surface area (TPSA) is 61.8 Å². The molecule has 0 saturated heterocycles. The molecular weight excluding hydrogens is 401 g/mol. The van der Waals surface area contributed by atoms with Gasteiger partial charge in [0, 0.05) is 18.1 Å². The second kappa shape index (κ2) is 8.87. The van der Waals surface area contributed by atoms with E-state index in [0.717, 1.165) is 26.4 Å². The number of carbonyl (C=O) groups is 2. The van der Waals surface area contributed by atoms with Crippen molar-refractivity contribution in [1.82, 2.24) is 0 Å². The molecule has 0 aliphatic rings. The lowest BCUT2D eigenvalue weighted by molar-refractivity contribution is -0.279. The Kier molecular flexibility index (Phi) is 6.92. The minimum atomic E-state index is -5.16. The Bertz CT molecular complexity index is 865. The highest BCUT2D eigenvalue weighted by atomic mass is 19.4. The molecule has 0 N–H and O–H groups in total. The number of hydrogen-bond donors (Lipinski definition) is 0. The van der Waals surface area contributed by atoms with Gasteiger partial charge in [-0.1, -0.05) is 74.5 Å².